The van der Waals surface area contributed by atoms with E-state index in [9.17, 15) is 18.4 Å². The lowest BCUT2D eigenvalue weighted by atomic mass is 9.94. The summed E-state index contributed by atoms with van der Waals surface area (Å²) >= 11 is 0. The lowest BCUT2D eigenvalue weighted by Gasteiger charge is -2.13. The number of hydrogen-bond donors (Lipinski definition) is 0. The smallest absolute Gasteiger partial charge is 0.278 e. The molecule has 7 heteroatoms. The van der Waals surface area contributed by atoms with E-state index in [2.05, 4.69) is 10.3 Å². The van der Waals surface area contributed by atoms with Gasteiger partial charge < -0.3 is 0 Å². The Hall–Kier alpha value is -2.96. The Labute approximate surface area is 148 Å². The van der Waals surface area contributed by atoms with Crippen molar-refractivity contribution in [3.8, 4) is 0 Å². The van der Waals surface area contributed by atoms with Gasteiger partial charge in [-0.3, -0.25) is 9.59 Å². The van der Waals surface area contributed by atoms with Crippen LogP contribution in [-0.2, 0) is 11.3 Å². The third kappa shape index (κ3) is 3.66. The van der Waals surface area contributed by atoms with Gasteiger partial charge >= 0.3 is 0 Å². The number of benzene rings is 2. The van der Waals surface area contributed by atoms with Crippen molar-refractivity contribution in [3.63, 3.8) is 0 Å². The molecule has 0 aliphatic carbocycles. The molecule has 1 aromatic heterocycles. The molecule has 26 heavy (non-hydrogen) atoms. The molecule has 0 fully saturated rings. The minimum atomic E-state index is -0.586. The van der Waals surface area contributed by atoms with E-state index in [1.54, 1.807) is 26.0 Å². The summed E-state index contributed by atoms with van der Waals surface area (Å²) in [6, 6.07) is 8.47. The van der Waals surface area contributed by atoms with Gasteiger partial charge in [0.1, 0.15) is 23.7 Å². The van der Waals surface area contributed by atoms with Gasteiger partial charge in [0, 0.05) is 6.42 Å². The number of ketones is 1. The number of aryl methyl sites for hydroxylation is 1. The normalized spacial score (nSPS) is 12.3. The van der Waals surface area contributed by atoms with Gasteiger partial charge in [0.15, 0.2) is 5.78 Å². The molecule has 0 saturated carbocycles. The monoisotopic (exact) mass is 357 g/mol. The van der Waals surface area contributed by atoms with Crippen LogP contribution in [0.2, 0.25) is 0 Å². The second kappa shape index (κ2) is 7.11. The molecule has 0 radical (unpaired) electrons. The van der Waals surface area contributed by atoms with Crippen LogP contribution in [0.4, 0.5) is 8.78 Å². The first-order valence-corrected chi connectivity index (χ1v) is 8.16. The first kappa shape index (κ1) is 17.8. The van der Waals surface area contributed by atoms with E-state index >= 15 is 0 Å². The maximum Gasteiger partial charge on any atom is 0.278 e. The average molecular weight is 357 g/mol. The number of fused-ring (bicyclic) bond motifs is 1. The molecule has 2 aromatic carbocycles. The van der Waals surface area contributed by atoms with Crippen molar-refractivity contribution < 1.29 is 13.6 Å². The zero-order chi connectivity index (χ0) is 18.8. The molecule has 0 bridgehead atoms. The highest BCUT2D eigenvalue weighted by Gasteiger charge is 2.17. The summed E-state index contributed by atoms with van der Waals surface area (Å²) in [6.45, 7) is 3.24. The lowest BCUT2D eigenvalue weighted by Crippen LogP contribution is -2.28. The fourth-order valence-electron chi connectivity index (χ4n) is 2.87. The third-order valence-corrected chi connectivity index (χ3v) is 4.23. The Kier molecular flexibility index (Phi) is 4.88. The summed E-state index contributed by atoms with van der Waals surface area (Å²) in [7, 11) is 0. The van der Waals surface area contributed by atoms with Crippen molar-refractivity contribution in [2.24, 2.45) is 0 Å². The van der Waals surface area contributed by atoms with Crippen molar-refractivity contribution in [2.45, 2.75) is 32.7 Å². The van der Waals surface area contributed by atoms with Crippen LogP contribution in [-0.4, -0.2) is 20.8 Å². The van der Waals surface area contributed by atoms with Crippen molar-refractivity contribution in [2.75, 3.05) is 0 Å². The first-order chi connectivity index (χ1) is 12.3. The van der Waals surface area contributed by atoms with Gasteiger partial charge in [-0.2, -0.15) is 0 Å². The van der Waals surface area contributed by atoms with Crippen LogP contribution in [0.5, 0.6) is 0 Å². The molecule has 134 valence electrons. The molecule has 0 aliphatic rings. The van der Waals surface area contributed by atoms with E-state index < -0.39 is 11.4 Å². The fraction of sp³-hybridized carbons (Fsp3) is 0.263. The van der Waals surface area contributed by atoms with Gasteiger partial charge in [-0.15, -0.1) is 5.10 Å². The Morgan fingerprint density at radius 3 is 2.69 bits per heavy atom. The van der Waals surface area contributed by atoms with E-state index in [0.717, 1.165) is 16.3 Å². The van der Waals surface area contributed by atoms with Gasteiger partial charge in [0.05, 0.1) is 5.39 Å². The number of rotatable bonds is 5. The van der Waals surface area contributed by atoms with Gasteiger partial charge in [-0.25, -0.2) is 13.5 Å². The van der Waals surface area contributed by atoms with Gasteiger partial charge in [0.25, 0.3) is 5.56 Å². The molecule has 1 atom stereocenters. The summed E-state index contributed by atoms with van der Waals surface area (Å²) in [5.74, 6) is -1.55. The molecule has 0 saturated heterocycles. The number of Topliss-reactive ketones (excluding diaryl/α,β-unsaturated/α-hetero) is 1. The predicted octanol–water partition coefficient (Wildman–Crippen LogP) is 3.14. The molecule has 3 aromatic rings. The highest BCUT2D eigenvalue weighted by atomic mass is 19.1. The minimum absolute atomic E-state index is 0.0509. The van der Waals surface area contributed by atoms with E-state index in [4.69, 9.17) is 0 Å². The van der Waals surface area contributed by atoms with E-state index in [1.807, 2.05) is 0 Å². The number of carbonyl (C=O) groups is 1. The van der Waals surface area contributed by atoms with Crippen LogP contribution >= 0.6 is 0 Å². The topological polar surface area (TPSA) is 64.8 Å². The van der Waals surface area contributed by atoms with Crippen molar-refractivity contribution in [1.29, 1.82) is 0 Å². The number of carbonyl (C=O) groups excluding carboxylic acids is 1. The molecule has 5 nitrogen and oxygen atoms in total. The second-order valence-electron chi connectivity index (χ2n) is 6.38. The summed E-state index contributed by atoms with van der Waals surface area (Å²) < 4.78 is 28.3. The van der Waals surface area contributed by atoms with Crippen LogP contribution in [0, 0.1) is 18.6 Å². The highest BCUT2D eigenvalue weighted by Crippen LogP contribution is 2.23. The van der Waals surface area contributed by atoms with E-state index in [0.29, 0.717) is 5.56 Å². The second-order valence-corrected chi connectivity index (χ2v) is 6.38. The molecule has 0 spiro atoms. The van der Waals surface area contributed by atoms with E-state index in [-0.39, 0.29) is 41.4 Å². The fourth-order valence-corrected chi connectivity index (χ4v) is 2.87. The SMILES string of the molecule is Cc1ccc([C@H](C)CC(=O)Cn2nnc3ccc(F)cc3c2=O)c(F)c1. The van der Waals surface area contributed by atoms with Gasteiger partial charge in [-0.1, -0.05) is 24.3 Å². The quantitative estimate of drug-likeness (QED) is 0.704. The Balaban J connectivity index is 1.78. The Bertz CT molecular complexity index is 1050. The number of hydrogen-bond acceptors (Lipinski definition) is 4. The van der Waals surface area contributed by atoms with Crippen LogP contribution in [0.3, 0.4) is 0 Å². The summed E-state index contributed by atoms with van der Waals surface area (Å²) in [5.41, 5.74) is 0.921. The predicted molar refractivity (Wildman–Crippen MR) is 92.9 cm³/mol. The molecule has 3 rings (SSSR count). The zero-order valence-electron chi connectivity index (χ0n) is 14.4. The zero-order valence-corrected chi connectivity index (χ0v) is 14.4. The van der Waals surface area contributed by atoms with Crippen LogP contribution in [0.25, 0.3) is 10.9 Å². The van der Waals surface area contributed by atoms with Crippen molar-refractivity contribution >= 4 is 16.7 Å². The van der Waals surface area contributed by atoms with Crippen LogP contribution < -0.4 is 5.56 Å². The van der Waals surface area contributed by atoms with Gasteiger partial charge in [0.2, 0.25) is 0 Å². The highest BCUT2D eigenvalue weighted by molar-refractivity contribution is 5.80. The van der Waals surface area contributed by atoms with Crippen LogP contribution in [0.1, 0.15) is 30.4 Å². The van der Waals surface area contributed by atoms with E-state index in [1.165, 1.54) is 18.2 Å². The molecule has 0 amide bonds. The molecule has 0 N–H and O–H groups in total. The summed E-state index contributed by atoms with van der Waals surface area (Å²) in [5, 5.41) is 7.61. The Morgan fingerprint density at radius 2 is 1.96 bits per heavy atom. The van der Waals surface area contributed by atoms with Crippen LogP contribution in [0.15, 0.2) is 41.2 Å². The molecular weight excluding hydrogens is 340 g/mol. The molecular formula is C19H17F2N3O2. The maximum atomic E-state index is 14.0. The lowest BCUT2D eigenvalue weighted by molar-refractivity contribution is -0.120. The maximum absolute atomic E-state index is 14.0. The Morgan fingerprint density at radius 1 is 1.19 bits per heavy atom. The number of halogens is 2. The molecule has 0 aliphatic heterocycles. The largest absolute Gasteiger partial charge is 0.298 e. The number of aromatic nitrogens is 3. The average Bonchev–Trinajstić information content (AvgIpc) is 2.57. The number of nitrogens with zero attached hydrogens (tertiary/aromatic N) is 3. The van der Waals surface area contributed by atoms with Gasteiger partial charge in [-0.05, 0) is 48.2 Å². The minimum Gasteiger partial charge on any atom is -0.298 e. The van der Waals surface area contributed by atoms with Crippen molar-refractivity contribution in [1.82, 2.24) is 15.0 Å². The summed E-state index contributed by atoms with van der Waals surface area (Å²) in [4.78, 5) is 24.7. The summed E-state index contributed by atoms with van der Waals surface area (Å²) in [6.07, 6.45) is 0.0509. The molecule has 0 unspecified atom stereocenters. The van der Waals surface area contributed by atoms with Crippen molar-refractivity contribution in [3.05, 3.63) is 69.5 Å². The third-order valence-electron chi connectivity index (χ3n) is 4.23. The standard InChI is InChI=1S/C19H17F2N3O2/c1-11-3-5-15(17(21)7-11)12(2)8-14(25)10-24-19(26)16-9-13(20)4-6-18(16)22-23-24/h3-7,9,12H,8,10H2,1-2H3/t12-/m1/s1. The first-order valence-electron chi connectivity index (χ1n) is 8.16. The molecule has 1 heterocycles.